The molecule has 2 aromatic carbocycles. The van der Waals surface area contributed by atoms with Crippen LogP contribution in [-0.4, -0.2) is 43.3 Å². The first-order valence-electron chi connectivity index (χ1n) is 8.96. The summed E-state index contributed by atoms with van der Waals surface area (Å²) in [6.07, 6.45) is 3.17. The number of rotatable bonds is 10. The Morgan fingerprint density at radius 3 is 2.36 bits per heavy atom. The van der Waals surface area contributed by atoms with Gasteiger partial charge in [0.15, 0.2) is 0 Å². The van der Waals surface area contributed by atoms with Crippen molar-refractivity contribution in [3.05, 3.63) is 71.3 Å². The Balaban J connectivity index is 1.92. The van der Waals surface area contributed by atoms with Gasteiger partial charge in [-0.1, -0.05) is 42.0 Å². The molecule has 2 N–H and O–H groups in total. The highest BCUT2D eigenvalue weighted by Crippen LogP contribution is 2.14. The van der Waals surface area contributed by atoms with Crippen LogP contribution in [0.25, 0.3) is 6.08 Å². The molecule has 2 aromatic rings. The first kappa shape index (κ1) is 21.2. The Labute approximate surface area is 164 Å². The number of aliphatic carboxylic acids is 1. The lowest BCUT2D eigenvalue weighted by Gasteiger charge is -2.14. The average molecular weight is 383 g/mol. The van der Waals surface area contributed by atoms with Crippen LogP contribution in [0.3, 0.4) is 0 Å². The molecule has 0 fully saturated rings. The second-order valence-corrected chi connectivity index (χ2v) is 6.33. The van der Waals surface area contributed by atoms with Crippen LogP contribution >= 0.6 is 0 Å². The predicted molar refractivity (Wildman–Crippen MR) is 107 cm³/mol. The molecule has 0 saturated carbocycles. The summed E-state index contributed by atoms with van der Waals surface area (Å²) in [5.41, 5.74) is 2.79. The van der Waals surface area contributed by atoms with Crippen LogP contribution in [0.5, 0.6) is 5.75 Å². The number of methoxy groups -OCH3 is 1. The van der Waals surface area contributed by atoms with E-state index in [0.717, 1.165) is 16.7 Å². The molecule has 0 saturated heterocycles. The van der Waals surface area contributed by atoms with Gasteiger partial charge in [-0.2, -0.15) is 0 Å². The molecule has 0 bridgehead atoms. The molecular formula is C22H25NO5. The lowest BCUT2D eigenvalue weighted by atomic mass is 10.1. The summed E-state index contributed by atoms with van der Waals surface area (Å²) in [5, 5.41) is 11.9. The minimum absolute atomic E-state index is 0.178. The summed E-state index contributed by atoms with van der Waals surface area (Å²) < 4.78 is 10.4. The van der Waals surface area contributed by atoms with Crippen molar-refractivity contribution >= 4 is 18.0 Å². The maximum Gasteiger partial charge on any atom is 0.326 e. The largest absolute Gasteiger partial charge is 0.491 e. The van der Waals surface area contributed by atoms with E-state index in [1.165, 1.54) is 6.08 Å². The summed E-state index contributed by atoms with van der Waals surface area (Å²) in [6.45, 7) is 2.91. The quantitative estimate of drug-likeness (QED) is 0.487. The smallest absolute Gasteiger partial charge is 0.326 e. The second-order valence-electron chi connectivity index (χ2n) is 6.33. The number of benzene rings is 2. The van der Waals surface area contributed by atoms with Crippen molar-refractivity contribution in [3.63, 3.8) is 0 Å². The van der Waals surface area contributed by atoms with E-state index in [-0.39, 0.29) is 6.42 Å². The van der Waals surface area contributed by atoms with Crippen molar-refractivity contribution in [2.24, 2.45) is 0 Å². The first-order valence-corrected chi connectivity index (χ1v) is 8.96. The molecule has 0 aliphatic carbocycles. The van der Waals surface area contributed by atoms with Crippen molar-refractivity contribution < 1.29 is 24.2 Å². The van der Waals surface area contributed by atoms with E-state index in [0.29, 0.717) is 19.0 Å². The fourth-order valence-corrected chi connectivity index (χ4v) is 2.47. The maximum absolute atomic E-state index is 12.1. The van der Waals surface area contributed by atoms with E-state index < -0.39 is 17.9 Å². The summed E-state index contributed by atoms with van der Waals surface area (Å²) in [5.74, 6) is -0.859. The van der Waals surface area contributed by atoms with Gasteiger partial charge >= 0.3 is 5.97 Å². The molecule has 0 aliphatic rings. The van der Waals surface area contributed by atoms with Gasteiger partial charge in [0.05, 0.1) is 6.61 Å². The normalized spacial score (nSPS) is 11.9. The van der Waals surface area contributed by atoms with E-state index in [2.05, 4.69) is 5.32 Å². The average Bonchev–Trinajstić information content (AvgIpc) is 2.68. The van der Waals surface area contributed by atoms with Gasteiger partial charge in [0.1, 0.15) is 18.4 Å². The zero-order valence-electron chi connectivity index (χ0n) is 16.1. The molecule has 28 heavy (non-hydrogen) atoms. The number of aryl methyl sites for hydroxylation is 1. The number of hydrogen-bond donors (Lipinski definition) is 2. The van der Waals surface area contributed by atoms with Crippen molar-refractivity contribution in [1.29, 1.82) is 0 Å². The molecular weight excluding hydrogens is 358 g/mol. The van der Waals surface area contributed by atoms with Crippen LogP contribution in [0.1, 0.15) is 16.7 Å². The highest BCUT2D eigenvalue weighted by molar-refractivity contribution is 5.94. The van der Waals surface area contributed by atoms with E-state index in [1.807, 2.05) is 31.2 Å². The standard InChI is InChI=1S/C22H25NO5/c1-16-3-5-17(6-4-16)9-12-21(24)23-20(22(25)26)15-18-7-10-19(11-8-18)28-14-13-27-2/h3-12,20H,13-15H2,1-2H3,(H,23,24)(H,25,26)/t20-/m0/s1. The Hall–Kier alpha value is -3.12. The number of carboxylic acids is 1. The zero-order valence-corrected chi connectivity index (χ0v) is 16.1. The van der Waals surface area contributed by atoms with Crippen molar-refractivity contribution in [2.75, 3.05) is 20.3 Å². The van der Waals surface area contributed by atoms with E-state index in [4.69, 9.17) is 9.47 Å². The third-order valence-electron chi connectivity index (χ3n) is 4.04. The molecule has 0 unspecified atom stereocenters. The van der Waals surface area contributed by atoms with E-state index >= 15 is 0 Å². The molecule has 6 nitrogen and oxygen atoms in total. The van der Waals surface area contributed by atoms with Crippen LogP contribution in [0.4, 0.5) is 0 Å². The van der Waals surface area contributed by atoms with Crippen LogP contribution < -0.4 is 10.1 Å². The molecule has 6 heteroatoms. The maximum atomic E-state index is 12.1. The Kier molecular flexibility index (Phi) is 8.24. The third-order valence-corrected chi connectivity index (χ3v) is 4.04. The van der Waals surface area contributed by atoms with Gasteiger partial charge in [-0.25, -0.2) is 4.79 Å². The number of nitrogens with one attached hydrogen (secondary N) is 1. The van der Waals surface area contributed by atoms with Gasteiger partial charge in [0, 0.05) is 19.6 Å². The Morgan fingerprint density at radius 1 is 1.07 bits per heavy atom. The lowest BCUT2D eigenvalue weighted by molar-refractivity contribution is -0.141. The van der Waals surface area contributed by atoms with Crippen LogP contribution in [0.15, 0.2) is 54.6 Å². The van der Waals surface area contributed by atoms with Gasteiger partial charge in [-0.15, -0.1) is 0 Å². The van der Waals surface area contributed by atoms with Crippen LogP contribution in [0, 0.1) is 6.92 Å². The molecule has 0 aliphatic heterocycles. The van der Waals surface area contributed by atoms with Gasteiger partial charge in [0.2, 0.25) is 5.91 Å². The summed E-state index contributed by atoms with van der Waals surface area (Å²) in [6, 6.07) is 13.8. The monoisotopic (exact) mass is 383 g/mol. The molecule has 148 valence electrons. The van der Waals surface area contributed by atoms with Crippen LogP contribution in [0.2, 0.25) is 0 Å². The van der Waals surface area contributed by atoms with Crippen molar-refractivity contribution in [2.45, 2.75) is 19.4 Å². The van der Waals surface area contributed by atoms with Crippen LogP contribution in [-0.2, 0) is 20.7 Å². The van der Waals surface area contributed by atoms with Gasteiger partial charge in [0.25, 0.3) is 0 Å². The Morgan fingerprint density at radius 2 is 1.75 bits per heavy atom. The summed E-state index contributed by atoms with van der Waals surface area (Å²) >= 11 is 0. The number of ether oxygens (including phenoxy) is 2. The summed E-state index contributed by atoms with van der Waals surface area (Å²) in [4.78, 5) is 23.6. The third kappa shape index (κ3) is 7.25. The van der Waals surface area contributed by atoms with Gasteiger partial charge in [-0.3, -0.25) is 4.79 Å². The van der Waals surface area contributed by atoms with Crippen molar-refractivity contribution in [3.8, 4) is 5.75 Å². The number of amides is 1. The summed E-state index contributed by atoms with van der Waals surface area (Å²) in [7, 11) is 1.60. The van der Waals surface area contributed by atoms with Crippen molar-refractivity contribution in [1.82, 2.24) is 5.32 Å². The molecule has 0 radical (unpaired) electrons. The lowest BCUT2D eigenvalue weighted by Crippen LogP contribution is -2.41. The molecule has 2 rings (SSSR count). The fraction of sp³-hybridized carbons (Fsp3) is 0.273. The topological polar surface area (TPSA) is 84.9 Å². The molecule has 1 amide bonds. The minimum Gasteiger partial charge on any atom is -0.491 e. The number of carbonyl (C=O) groups is 2. The van der Waals surface area contributed by atoms with E-state index in [9.17, 15) is 14.7 Å². The molecule has 1 atom stereocenters. The molecule has 0 aromatic heterocycles. The SMILES string of the molecule is COCCOc1ccc(C[C@H](NC(=O)C=Cc2ccc(C)cc2)C(=O)O)cc1. The minimum atomic E-state index is -1.09. The Bertz CT molecular complexity index is 797. The number of hydrogen-bond acceptors (Lipinski definition) is 4. The van der Waals surface area contributed by atoms with E-state index in [1.54, 1.807) is 37.5 Å². The molecule has 0 spiro atoms. The van der Waals surface area contributed by atoms with Gasteiger partial charge in [-0.05, 0) is 36.3 Å². The molecule has 0 heterocycles. The number of carbonyl (C=O) groups excluding carboxylic acids is 1. The zero-order chi connectivity index (χ0) is 20.4. The highest BCUT2D eigenvalue weighted by atomic mass is 16.5. The second kappa shape index (κ2) is 10.9. The number of carboxylic acid groups (broad SMARTS) is 1. The predicted octanol–water partition coefficient (Wildman–Crippen LogP) is 2.85. The first-order chi connectivity index (χ1) is 13.5. The fourth-order valence-electron chi connectivity index (χ4n) is 2.47. The van der Waals surface area contributed by atoms with Gasteiger partial charge < -0.3 is 19.9 Å². The highest BCUT2D eigenvalue weighted by Gasteiger charge is 2.19.